The van der Waals surface area contributed by atoms with Crippen molar-refractivity contribution in [2.24, 2.45) is 0 Å². The second-order valence-corrected chi connectivity index (χ2v) is 5.36. The van der Waals surface area contributed by atoms with Crippen molar-refractivity contribution in [2.45, 2.75) is 13.8 Å². The molecule has 0 N–H and O–H groups in total. The highest BCUT2D eigenvalue weighted by molar-refractivity contribution is 5.79. The van der Waals surface area contributed by atoms with Crippen LogP contribution >= 0.6 is 0 Å². The molecule has 0 aliphatic heterocycles. The van der Waals surface area contributed by atoms with Gasteiger partial charge in [-0.15, -0.1) is 5.10 Å². The molecule has 4 aromatic rings. The van der Waals surface area contributed by atoms with E-state index in [1.165, 1.54) is 10.1 Å². The van der Waals surface area contributed by atoms with Crippen LogP contribution in [0.5, 0.6) is 0 Å². The largest absolute Gasteiger partial charge is 0.283 e. The lowest BCUT2D eigenvalue weighted by Gasteiger charge is -2.06. The van der Waals surface area contributed by atoms with E-state index in [2.05, 4.69) is 10.1 Å². The predicted octanol–water partition coefficient (Wildman–Crippen LogP) is 2.65. The minimum absolute atomic E-state index is 0.144. The lowest BCUT2D eigenvalue weighted by Crippen LogP contribution is -2.16. The molecule has 0 saturated carbocycles. The average Bonchev–Trinajstić information content (AvgIpc) is 2.85. The van der Waals surface area contributed by atoms with E-state index in [9.17, 15) is 4.79 Å². The number of rotatable bonds is 1. The first-order valence-electron chi connectivity index (χ1n) is 7.09. The number of benzene rings is 2. The fraction of sp³-hybridized carbons (Fsp3) is 0.118. The van der Waals surface area contributed by atoms with Crippen LogP contribution in [-0.4, -0.2) is 19.2 Å². The number of hydrogen-bond donors (Lipinski definition) is 0. The fourth-order valence-corrected chi connectivity index (χ4v) is 2.68. The van der Waals surface area contributed by atoms with Crippen LogP contribution in [0.3, 0.4) is 0 Å². The molecule has 108 valence electrons. The van der Waals surface area contributed by atoms with E-state index in [-0.39, 0.29) is 5.56 Å². The van der Waals surface area contributed by atoms with Crippen LogP contribution in [0, 0.1) is 13.8 Å². The van der Waals surface area contributed by atoms with Crippen molar-refractivity contribution >= 4 is 16.7 Å². The topological polar surface area (TPSA) is 52.2 Å². The summed E-state index contributed by atoms with van der Waals surface area (Å²) in [5.41, 5.74) is 2.66. The normalized spacial score (nSPS) is 11.4. The van der Waals surface area contributed by atoms with E-state index in [0.717, 1.165) is 11.5 Å². The Hall–Kier alpha value is -2.95. The van der Waals surface area contributed by atoms with E-state index in [1.54, 1.807) is 6.07 Å². The number of nitrogens with zero attached hydrogens (tertiary/aromatic N) is 4. The van der Waals surface area contributed by atoms with Gasteiger partial charge in [0.25, 0.3) is 5.56 Å². The smallest absolute Gasteiger partial charge is 0.267 e. The summed E-state index contributed by atoms with van der Waals surface area (Å²) < 4.78 is 3.27. The van der Waals surface area contributed by atoms with E-state index in [1.807, 2.05) is 60.9 Å². The molecule has 0 fully saturated rings. The van der Waals surface area contributed by atoms with E-state index in [4.69, 9.17) is 0 Å². The van der Waals surface area contributed by atoms with Gasteiger partial charge >= 0.3 is 0 Å². The molecule has 0 unspecified atom stereocenters. The standard InChI is InChI=1S/C17H14N4O/c1-11-7-9-13(10-8-11)20-12(2)19-21-16(22)14-5-3-4-6-15(14)18-17(20)21/h3-10H,1-2H3. The highest BCUT2D eigenvalue weighted by Crippen LogP contribution is 2.16. The van der Waals surface area contributed by atoms with Gasteiger partial charge in [0.05, 0.1) is 16.6 Å². The zero-order valence-electron chi connectivity index (χ0n) is 12.3. The van der Waals surface area contributed by atoms with Crippen LogP contribution in [0.25, 0.3) is 22.4 Å². The third-order valence-corrected chi connectivity index (χ3v) is 3.80. The van der Waals surface area contributed by atoms with Crippen LogP contribution in [0.2, 0.25) is 0 Å². The third kappa shape index (κ3) is 1.75. The van der Waals surface area contributed by atoms with Gasteiger partial charge in [-0.1, -0.05) is 29.8 Å². The molecule has 2 heterocycles. The minimum Gasteiger partial charge on any atom is -0.267 e. The lowest BCUT2D eigenvalue weighted by molar-refractivity contribution is 0.892. The second kappa shape index (κ2) is 4.53. The quantitative estimate of drug-likeness (QED) is 0.541. The number of aromatic nitrogens is 4. The maximum Gasteiger partial charge on any atom is 0.283 e. The Balaban J connectivity index is 2.13. The summed E-state index contributed by atoms with van der Waals surface area (Å²) in [6.45, 7) is 3.91. The third-order valence-electron chi connectivity index (χ3n) is 3.80. The van der Waals surface area contributed by atoms with Gasteiger partial charge in [-0.25, -0.2) is 4.98 Å². The number of aryl methyl sites for hydroxylation is 2. The molecule has 0 radical (unpaired) electrons. The van der Waals surface area contributed by atoms with Crippen molar-refractivity contribution in [3.05, 3.63) is 70.3 Å². The molecule has 4 rings (SSSR count). The lowest BCUT2D eigenvalue weighted by atomic mass is 10.2. The van der Waals surface area contributed by atoms with Crippen LogP contribution in [0.15, 0.2) is 53.3 Å². The summed E-state index contributed by atoms with van der Waals surface area (Å²) in [6, 6.07) is 15.4. The summed E-state index contributed by atoms with van der Waals surface area (Å²) >= 11 is 0. The molecule has 0 bridgehead atoms. The molecule has 0 aliphatic carbocycles. The molecular formula is C17H14N4O. The monoisotopic (exact) mass is 290 g/mol. The van der Waals surface area contributed by atoms with Crippen LogP contribution < -0.4 is 5.56 Å². The average molecular weight is 290 g/mol. The molecule has 0 saturated heterocycles. The van der Waals surface area contributed by atoms with E-state index >= 15 is 0 Å². The number of para-hydroxylation sites is 1. The van der Waals surface area contributed by atoms with Gasteiger partial charge in [-0.2, -0.15) is 4.52 Å². The highest BCUT2D eigenvalue weighted by atomic mass is 16.1. The van der Waals surface area contributed by atoms with Gasteiger partial charge in [0.15, 0.2) is 0 Å². The maximum atomic E-state index is 12.6. The SMILES string of the molecule is Cc1ccc(-n2c(C)nn3c(=O)c4ccccc4nc23)cc1. The zero-order chi connectivity index (χ0) is 15.3. The Labute approximate surface area is 126 Å². The molecule has 5 nitrogen and oxygen atoms in total. The Morgan fingerprint density at radius 2 is 1.68 bits per heavy atom. The zero-order valence-corrected chi connectivity index (χ0v) is 12.3. The van der Waals surface area contributed by atoms with Gasteiger partial charge in [0.2, 0.25) is 5.78 Å². The number of hydrogen-bond acceptors (Lipinski definition) is 3. The molecule has 0 spiro atoms. The molecule has 22 heavy (non-hydrogen) atoms. The molecule has 2 aromatic carbocycles. The summed E-state index contributed by atoms with van der Waals surface area (Å²) in [7, 11) is 0. The van der Waals surface area contributed by atoms with Gasteiger partial charge in [0.1, 0.15) is 5.82 Å². The van der Waals surface area contributed by atoms with Crippen molar-refractivity contribution in [1.82, 2.24) is 19.2 Å². The Morgan fingerprint density at radius 3 is 2.45 bits per heavy atom. The summed E-state index contributed by atoms with van der Waals surface area (Å²) in [6.07, 6.45) is 0. The fourth-order valence-electron chi connectivity index (χ4n) is 2.68. The first-order chi connectivity index (χ1) is 10.6. The first-order valence-corrected chi connectivity index (χ1v) is 7.09. The first kappa shape index (κ1) is 12.8. The van der Waals surface area contributed by atoms with Crippen molar-refractivity contribution in [3.8, 4) is 5.69 Å². The second-order valence-electron chi connectivity index (χ2n) is 5.36. The van der Waals surface area contributed by atoms with Gasteiger partial charge < -0.3 is 0 Å². The molecule has 0 atom stereocenters. The van der Waals surface area contributed by atoms with Gasteiger partial charge in [0, 0.05) is 0 Å². The van der Waals surface area contributed by atoms with Crippen molar-refractivity contribution in [1.29, 1.82) is 0 Å². The Morgan fingerprint density at radius 1 is 0.955 bits per heavy atom. The van der Waals surface area contributed by atoms with Crippen molar-refractivity contribution in [2.75, 3.05) is 0 Å². The molecular weight excluding hydrogens is 276 g/mol. The summed E-state index contributed by atoms with van der Waals surface area (Å²) in [4.78, 5) is 17.2. The maximum absolute atomic E-state index is 12.6. The molecule has 0 amide bonds. The van der Waals surface area contributed by atoms with Gasteiger partial charge in [-0.05, 0) is 38.1 Å². The molecule has 5 heteroatoms. The minimum atomic E-state index is -0.144. The van der Waals surface area contributed by atoms with Crippen LogP contribution in [0.1, 0.15) is 11.4 Å². The van der Waals surface area contributed by atoms with Crippen LogP contribution in [-0.2, 0) is 0 Å². The summed E-state index contributed by atoms with van der Waals surface area (Å²) in [5.74, 6) is 1.26. The highest BCUT2D eigenvalue weighted by Gasteiger charge is 2.14. The Kier molecular flexibility index (Phi) is 2.63. The van der Waals surface area contributed by atoms with Gasteiger partial charge in [-0.3, -0.25) is 9.36 Å². The van der Waals surface area contributed by atoms with E-state index < -0.39 is 0 Å². The number of fused-ring (bicyclic) bond motifs is 2. The predicted molar refractivity (Wildman–Crippen MR) is 85.6 cm³/mol. The molecule has 2 aromatic heterocycles. The van der Waals surface area contributed by atoms with Crippen LogP contribution in [0.4, 0.5) is 0 Å². The van der Waals surface area contributed by atoms with Crippen molar-refractivity contribution in [3.63, 3.8) is 0 Å². The summed E-state index contributed by atoms with van der Waals surface area (Å²) in [5, 5.41) is 4.94. The Bertz CT molecular complexity index is 1060. The molecule has 0 aliphatic rings. The van der Waals surface area contributed by atoms with Crippen molar-refractivity contribution < 1.29 is 0 Å². The van der Waals surface area contributed by atoms with E-state index in [0.29, 0.717) is 16.7 Å².